The number of nitrogens with zero attached hydrogens (tertiary/aromatic N) is 5. The number of thiazole rings is 1. The van der Waals surface area contributed by atoms with E-state index in [1.807, 2.05) is 13.8 Å². The van der Waals surface area contributed by atoms with Crippen molar-refractivity contribution < 1.29 is 13.2 Å². The highest BCUT2D eigenvalue weighted by Crippen LogP contribution is 2.31. The number of thioether (sulfide) groups is 1. The number of alkyl halides is 2. The van der Waals surface area contributed by atoms with Crippen LogP contribution in [0.25, 0.3) is 10.8 Å². The van der Waals surface area contributed by atoms with Crippen LogP contribution in [0.5, 0.6) is 0 Å². The van der Waals surface area contributed by atoms with E-state index in [2.05, 4.69) is 20.2 Å². The van der Waals surface area contributed by atoms with Crippen molar-refractivity contribution in [2.45, 2.75) is 31.4 Å². The van der Waals surface area contributed by atoms with Crippen molar-refractivity contribution in [3.05, 3.63) is 28.9 Å². The van der Waals surface area contributed by atoms with Crippen LogP contribution in [-0.4, -0.2) is 24.7 Å². The minimum atomic E-state index is -2.61. The monoisotopic (exact) mass is 343 g/mol. The summed E-state index contributed by atoms with van der Waals surface area (Å²) in [6, 6.07) is 0. The number of aryl methyl sites for hydroxylation is 2. The molecule has 0 atom stereocenters. The predicted molar refractivity (Wildman–Crippen MR) is 77.9 cm³/mol. The van der Waals surface area contributed by atoms with Crippen LogP contribution < -0.4 is 0 Å². The first-order chi connectivity index (χ1) is 10.5. The third kappa shape index (κ3) is 3.02. The largest absolute Gasteiger partial charge is 0.410 e. The Morgan fingerprint density at radius 1 is 1.36 bits per heavy atom. The third-order valence-corrected chi connectivity index (χ3v) is 4.66. The minimum Gasteiger partial charge on any atom is -0.410 e. The van der Waals surface area contributed by atoms with Crippen molar-refractivity contribution in [2.75, 3.05) is 0 Å². The van der Waals surface area contributed by atoms with Gasteiger partial charge in [0, 0.05) is 12.4 Å². The number of halogens is 2. The molecule has 0 saturated carbocycles. The fourth-order valence-electron chi connectivity index (χ4n) is 1.85. The second kappa shape index (κ2) is 6.13. The van der Waals surface area contributed by atoms with Crippen LogP contribution in [0.4, 0.5) is 8.78 Å². The molecule has 0 aliphatic rings. The van der Waals surface area contributed by atoms with Crippen molar-refractivity contribution in [2.24, 2.45) is 0 Å². The molecule has 0 aliphatic carbocycles. The molecule has 0 saturated heterocycles. The van der Waals surface area contributed by atoms with Gasteiger partial charge >= 0.3 is 6.55 Å². The SMILES string of the molecule is Cc1nc(C)c(-c2nnc(SCc3nccn3C(F)F)o2)s1. The summed E-state index contributed by atoms with van der Waals surface area (Å²) < 4.78 is 31.8. The predicted octanol–water partition coefficient (Wildman–Crippen LogP) is 3.69. The molecule has 0 radical (unpaired) electrons. The third-order valence-electron chi connectivity index (χ3n) is 2.79. The summed E-state index contributed by atoms with van der Waals surface area (Å²) in [6.07, 6.45) is 2.58. The topological polar surface area (TPSA) is 69.6 Å². The van der Waals surface area contributed by atoms with E-state index >= 15 is 0 Å². The Kier molecular flexibility index (Phi) is 4.21. The lowest BCUT2D eigenvalue weighted by Gasteiger charge is -2.03. The van der Waals surface area contributed by atoms with Crippen molar-refractivity contribution in [1.82, 2.24) is 24.7 Å². The molecule has 10 heteroatoms. The first-order valence-electron chi connectivity index (χ1n) is 6.25. The van der Waals surface area contributed by atoms with Gasteiger partial charge in [-0.05, 0) is 13.8 Å². The Bertz CT molecular complexity index is 782. The molecule has 0 fully saturated rings. The van der Waals surface area contributed by atoms with E-state index in [4.69, 9.17) is 4.42 Å². The number of rotatable bonds is 5. The van der Waals surface area contributed by atoms with Gasteiger partial charge in [0.15, 0.2) is 0 Å². The Labute approximate surface area is 132 Å². The smallest absolute Gasteiger partial charge is 0.319 e. The number of imidazole rings is 1. The second-order valence-electron chi connectivity index (χ2n) is 4.34. The quantitative estimate of drug-likeness (QED) is 0.658. The van der Waals surface area contributed by atoms with Gasteiger partial charge in [-0.2, -0.15) is 8.78 Å². The average Bonchev–Trinajstić information content (AvgIpc) is 3.16. The molecule has 3 heterocycles. The van der Waals surface area contributed by atoms with E-state index < -0.39 is 6.55 Å². The van der Waals surface area contributed by atoms with Gasteiger partial charge in [0.1, 0.15) is 10.7 Å². The van der Waals surface area contributed by atoms with E-state index in [1.54, 1.807) is 0 Å². The molecule has 0 bridgehead atoms. The maximum absolute atomic E-state index is 12.7. The van der Waals surface area contributed by atoms with Gasteiger partial charge in [0.25, 0.3) is 11.1 Å². The van der Waals surface area contributed by atoms with Crippen LogP contribution in [0.15, 0.2) is 22.0 Å². The molecule has 0 unspecified atom stereocenters. The Morgan fingerprint density at radius 2 is 2.18 bits per heavy atom. The highest BCUT2D eigenvalue weighted by atomic mass is 32.2. The van der Waals surface area contributed by atoms with Crippen molar-refractivity contribution >= 4 is 23.1 Å². The lowest BCUT2D eigenvalue weighted by atomic mass is 10.4. The van der Waals surface area contributed by atoms with E-state index in [0.29, 0.717) is 11.1 Å². The Hall–Kier alpha value is -1.81. The van der Waals surface area contributed by atoms with Crippen molar-refractivity contribution in [3.8, 4) is 10.8 Å². The summed E-state index contributed by atoms with van der Waals surface area (Å²) in [4.78, 5) is 9.03. The zero-order valence-corrected chi connectivity index (χ0v) is 13.3. The molecular weight excluding hydrogens is 332 g/mol. The molecule has 3 rings (SSSR count). The van der Waals surface area contributed by atoms with Gasteiger partial charge in [0.05, 0.1) is 16.5 Å². The van der Waals surface area contributed by atoms with E-state index in [9.17, 15) is 8.78 Å². The van der Waals surface area contributed by atoms with Crippen molar-refractivity contribution in [1.29, 1.82) is 0 Å². The van der Waals surface area contributed by atoms with Crippen LogP contribution in [0.2, 0.25) is 0 Å². The molecule has 0 amide bonds. The zero-order valence-electron chi connectivity index (χ0n) is 11.7. The van der Waals surface area contributed by atoms with Gasteiger partial charge in [-0.25, -0.2) is 9.97 Å². The minimum absolute atomic E-state index is 0.222. The van der Waals surface area contributed by atoms with Gasteiger partial charge in [-0.3, -0.25) is 4.57 Å². The van der Waals surface area contributed by atoms with Crippen molar-refractivity contribution in [3.63, 3.8) is 0 Å². The normalized spacial score (nSPS) is 11.5. The van der Waals surface area contributed by atoms with Crippen LogP contribution in [0.1, 0.15) is 23.1 Å². The molecule has 0 aromatic carbocycles. The second-order valence-corrected chi connectivity index (χ2v) is 6.47. The van der Waals surface area contributed by atoms with Crippen LogP contribution >= 0.6 is 23.1 Å². The first kappa shape index (κ1) is 15.1. The summed E-state index contributed by atoms with van der Waals surface area (Å²) in [5, 5.41) is 9.12. The number of aromatic nitrogens is 5. The molecule has 6 nitrogen and oxygen atoms in total. The lowest BCUT2D eigenvalue weighted by molar-refractivity contribution is 0.0678. The van der Waals surface area contributed by atoms with Crippen LogP contribution in [0, 0.1) is 13.8 Å². The molecule has 22 heavy (non-hydrogen) atoms. The zero-order chi connectivity index (χ0) is 15.7. The summed E-state index contributed by atoms with van der Waals surface area (Å²) >= 11 is 2.64. The summed E-state index contributed by atoms with van der Waals surface area (Å²) in [6.45, 7) is 1.16. The number of hydrogen-bond acceptors (Lipinski definition) is 7. The molecule has 3 aromatic rings. The molecule has 3 aromatic heterocycles. The summed E-state index contributed by atoms with van der Waals surface area (Å²) in [5.74, 6) is 0.868. The highest BCUT2D eigenvalue weighted by Gasteiger charge is 2.17. The molecular formula is C12H11F2N5OS2. The fourth-order valence-corrected chi connectivity index (χ4v) is 3.40. The van der Waals surface area contributed by atoms with E-state index in [0.717, 1.165) is 20.1 Å². The molecule has 116 valence electrons. The Morgan fingerprint density at radius 3 is 2.86 bits per heavy atom. The molecule has 0 spiro atoms. The Balaban J connectivity index is 1.72. The van der Waals surface area contributed by atoms with Crippen LogP contribution in [0.3, 0.4) is 0 Å². The molecule has 0 aliphatic heterocycles. The molecule has 0 N–H and O–H groups in total. The summed E-state index contributed by atoms with van der Waals surface area (Å²) in [7, 11) is 0. The first-order valence-corrected chi connectivity index (χ1v) is 8.05. The maximum atomic E-state index is 12.7. The van der Waals surface area contributed by atoms with E-state index in [1.165, 1.54) is 35.5 Å². The highest BCUT2D eigenvalue weighted by molar-refractivity contribution is 7.98. The van der Waals surface area contributed by atoms with Gasteiger partial charge in [-0.15, -0.1) is 21.5 Å². The van der Waals surface area contributed by atoms with Gasteiger partial charge < -0.3 is 4.42 Å². The van der Waals surface area contributed by atoms with Crippen LogP contribution in [-0.2, 0) is 5.75 Å². The lowest BCUT2D eigenvalue weighted by Crippen LogP contribution is -2.01. The van der Waals surface area contributed by atoms with Gasteiger partial charge in [0.2, 0.25) is 0 Å². The average molecular weight is 343 g/mol. The van der Waals surface area contributed by atoms with Gasteiger partial charge in [-0.1, -0.05) is 11.8 Å². The maximum Gasteiger partial charge on any atom is 0.319 e. The standard InChI is InChI=1S/C12H11F2N5OS2/c1-6-9(22-7(2)16-6)10-17-18-12(20-10)21-5-8-15-3-4-19(8)11(13)14/h3-4,11H,5H2,1-2H3. The fraction of sp³-hybridized carbons (Fsp3) is 0.333. The van der Waals surface area contributed by atoms with E-state index in [-0.39, 0.29) is 11.6 Å². The summed E-state index contributed by atoms with van der Waals surface area (Å²) in [5.41, 5.74) is 0.830. The number of hydrogen-bond donors (Lipinski definition) is 0.